The second-order valence-electron chi connectivity index (χ2n) is 4.03. The monoisotopic (exact) mass is 244 g/mol. The summed E-state index contributed by atoms with van der Waals surface area (Å²) in [5.74, 6) is 1.96. The van der Waals surface area contributed by atoms with Crippen molar-refractivity contribution in [1.29, 1.82) is 0 Å². The van der Waals surface area contributed by atoms with Gasteiger partial charge in [0.05, 0.1) is 7.11 Å². The van der Waals surface area contributed by atoms with Crippen LogP contribution in [0.4, 0.5) is 5.82 Å². The Morgan fingerprint density at radius 1 is 1.17 bits per heavy atom. The number of nitrogens with two attached hydrogens (primary N) is 1. The molecule has 0 saturated heterocycles. The van der Waals surface area contributed by atoms with Crippen LogP contribution in [0.2, 0.25) is 0 Å². The highest BCUT2D eigenvalue weighted by Gasteiger charge is 2.04. The Morgan fingerprint density at radius 3 is 2.67 bits per heavy atom. The number of hydrogen-bond donors (Lipinski definition) is 1. The number of pyridine rings is 1. The fourth-order valence-corrected chi connectivity index (χ4v) is 1.58. The van der Waals surface area contributed by atoms with Crippen molar-refractivity contribution in [2.75, 3.05) is 12.8 Å². The molecular weight excluding hydrogens is 228 g/mol. The van der Waals surface area contributed by atoms with Crippen LogP contribution in [0.1, 0.15) is 11.1 Å². The van der Waals surface area contributed by atoms with Crippen LogP contribution in [-0.2, 0) is 6.61 Å². The summed E-state index contributed by atoms with van der Waals surface area (Å²) in [6.07, 6.45) is 1.70. The molecule has 0 aliphatic heterocycles. The third-order valence-electron chi connectivity index (χ3n) is 2.56. The predicted molar refractivity (Wildman–Crippen MR) is 70.7 cm³/mol. The number of anilines is 1. The summed E-state index contributed by atoms with van der Waals surface area (Å²) in [5, 5.41) is 0. The lowest BCUT2D eigenvalue weighted by Crippen LogP contribution is -1.99. The molecule has 4 heteroatoms. The Morgan fingerprint density at radius 2 is 2.00 bits per heavy atom. The molecule has 0 fully saturated rings. The Balaban J connectivity index is 2.08. The van der Waals surface area contributed by atoms with Crippen molar-refractivity contribution >= 4 is 5.82 Å². The Hall–Kier alpha value is -2.23. The molecule has 4 nitrogen and oxygen atoms in total. The first kappa shape index (κ1) is 12.2. The van der Waals surface area contributed by atoms with Crippen molar-refractivity contribution in [3.63, 3.8) is 0 Å². The molecule has 1 aromatic heterocycles. The molecule has 0 aliphatic rings. The van der Waals surface area contributed by atoms with E-state index in [-0.39, 0.29) is 0 Å². The third-order valence-corrected chi connectivity index (χ3v) is 2.56. The summed E-state index contributed by atoms with van der Waals surface area (Å²) >= 11 is 0. The van der Waals surface area contributed by atoms with E-state index in [1.54, 1.807) is 19.4 Å². The maximum Gasteiger partial charge on any atom is 0.161 e. The van der Waals surface area contributed by atoms with Gasteiger partial charge in [-0.2, -0.15) is 0 Å². The van der Waals surface area contributed by atoms with Gasteiger partial charge in [-0.15, -0.1) is 0 Å². The van der Waals surface area contributed by atoms with E-state index in [0.717, 1.165) is 22.6 Å². The Kier molecular flexibility index (Phi) is 3.67. The Bertz CT molecular complexity index is 524. The first-order valence-electron chi connectivity index (χ1n) is 5.67. The number of aromatic nitrogens is 1. The van der Waals surface area contributed by atoms with Crippen LogP contribution in [-0.4, -0.2) is 12.1 Å². The number of rotatable bonds is 4. The molecule has 1 aromatic carbocycles. The smallest absolute Gasteiger partial charge is 0.161 e. The number of nitrogens with zero attached hydrogens (tertiary/aromatic N) is 1. The summed E-state index contributed by atoms with van der Waals surface area (Å²) in [7, 11) is 1.63. The van der Waals surface area contributed by atoms with E-state index in [1.807, 2.05) is 31.2 Å². The third kappa shape index (κ3) is 2.91. The molecule has 0 saturated carbocycles. The van der Waals surface area contributed by atoms with E-state index < -0.39 is 0 Å². The van der Waals surface area contributed by atoms with Gasteiger partial charge >= 0.3 is 0 Å². The molecule has 1 heterocycles. The van der Waals surface area contributed by atoms with Crippen LogP contribution < -0.4 is 15.2 Å². The number of nitrogen functional groups attached to an aromatic ring is 1. The molecule has 0 bridgehead atoms. The molecule has 0 atom stereocenters. The SMILES string of the molecule is COc1cc(C)ccc1OCc1ccc(N)nc1. The molecule has 0 unspecified atom stereocenters. The normalized spacial score (nSPS) is 10.1. The maximum absolute atomic E-state index is 5.70. The molecule has 2 rings (SSSR count). The number of aryl methyl sites for hydroxylation is 1. The summed E-state index contributed by atoms with van der Waals surface area (Å²) < 4.78 is 11.0. The van der Waals surface area contributed by atoms with Crippen LogP contribution in [0, 0.1) is 6.92 Å². The van der Waals surface area contributed by atoms with Gasteiger partial charge in [0.2, 0.25) is 0 Å². The molecule has 94 valence electrons. The summed E-state index contributed by atoms with van der Waals surface area (Å²) in [5.41, 5.74) is 7.62. The average Bonchev–Trinajstić information content (AvgIpc) is 2.39. The maximum atomic E-state index is 5.70. The first-order valence-corrected chi connectivity index (χ1v) is 5.67. The van der Waals surface area contributed by atoms with Crippen molar-refractivity contribution < 1.29 is 9.47 Å². The molecule has 18 heavy (non-hydrogen) atoms. The van der Waals surface area contributed by atoms with E-state index >= 15 is 0 Å². The molecule has 0 radical (unpaired) electrons. The standard InChI is InChI=1S/C14H16N2O2/c1-10-3-5-12(13(7-10)17-2)18-9-11-4-6-14(15)16-8-11/h3-8H,9H2,1-2H3,(H2,15,16). The van der Waals surface area contributed by atoms with Crippen molar-refractivity contribution in [2.24, 2.45) is 0 Å². The number of methoxy groups -OCH3 is 1. The van der Waals surface area contributed by atoms with Gasteiger partial charge in [-0.3, -0.25) is 0 Å². The zero-order valence-corrected chi connectivity index (χ0v) is 10.5. The second-order valence-corrected chi connectivity index (χ2v) is 4.03. The molecular formula is C14H16N2O2. The van der Waals surface area contributed by atoms with Crippen LogP contribution >= 0.6 is 0 Å². The minimum atomic E-state index is 0.437. The van der Waals surface area contributed by atoms with Crippen molar-refractivity contribution in [1.82, 2.24) is 4.98 Å². The lowest BCUT2D eigenvalue weighted by molar-refractivity contribution is 0.284. The Labute approximate surface area is 106 Å². The van der Waals surface area contributed by atoms with E-state index in [9.17, 15) is 0 Å². The highest BCUT2D eigenvalue weighted by atomic mass is 16.5. The zero-order valence-electron chi connectivity index (χ0n) is 10.5. The van der Waals surface area contributed by atoms with Crippen LogP contribution in [0.25, 0.3) is 0 Å². The van der Waals surface area contributed by atoms with Gasteiger partial charge in [-0.05, 0) is 30.7 Å². The van der Waals surface area contributed by atoms with Crippen LogP contribution in [0.5, 0.6) is 11.5 Å². The van der Waals surface area contributed by atoms with Gasteiger partial charge in [0.1, 0.15) is 12.4 Å². The molecule has 0 spiro atoms. The molecule has 0 aliphatic carbocycles. The molecule has 0 amide bonds. The summed E-state index contributed by atoms with van der Waals surface area (Å²) in [6, 6.07) is 9.47. The minimum Gasteiger partial charge on any atom is -0.493 e. The lowest BCUT2D eigenvalue weighted by atomic mass is 10.2. The highest BCUT2D eigenvalue weighted by Crippen LogP contribution is 2.28. The fourth-order valence-electron chi connectivity index (χ4n) is 1.58. The van der Waals surface area contributed by atoms with Gasteiger partial charge in [0, 0.05) is 11.8 Å². The predicted octanol–water partition coefficient (Wildman–Crippen LogP) is 2.56. The van der Waals surface area contributed by atoms with Crippen molar-refractivity contribution in [3.05, 3.63) is 47.7 Å². The minimum absolute atomic E-state index is 0.437. The number of hydrogen-bond acceptors (Lipinski definition) is 4. The zero-order chi connectivity index (χ0) is 13.0. The largest absolute Gasteiger partial charge is 0.493 e. The summed E-state index contributed by atoms with van der Waals surface area (Å²) in [4.78, 5) is 4.01. The highest BCUT2D eigenvalue weighted by molar-refractivity contribution is 5.42. The fraction of sp³-hybridized carbons (Fsp3) is 0.214. The molecule has 2 aromatic rings. The van der Waals surface area contributed by atoms with Crippen molar-refractivity contribution in [2.45, 2.75) is 13.5 Å². The van der Waals surface area contributed by atoms with Gasteiger partial charge < -0.3 is 15.2 Å². The molecule has 2 N–H and O–H groups in total. The summed E-state index contributed by atoms with van der Waals surface area (Å²) in [6.45, 7) is 2.45. The van der Waals surface area contributed by atoms with Gasteiger partial charge in [-0.25, -0.2) is 4.98 Å². The van der Waals surface area contributed by atoms with E-state index in [4.69, 9.17) is 15.2 Å². The quantitative estimate of drug-likeness (QED) is 0.898. The van der Waals surface area contributed by atoms with Crippen LogP contribution in [0.15, 0.2) is 36.5 Å². The number of ether oxygens (including phenoxy) is 2. The average molecular weight is 244 g/mol. The lowest BCUT2D eigenvalue weighted by Gasteiger charge is -2.11. The number of benzene rings is 1. The van der Waals surface area contributed by atoms with Gasteiger partial charge in [0.15, 0.2) is 11.5 Å². The van der Waals surface area contributed by atoms with Gasteiger partial charge in [-0.1, -0.05) is 12.1 Å². The topological polar surface area (TPSA) is 57.4 Å². The first-order chi connectivity index (χ1) is 8.69. The second kappa shape index (κ2) is 5.40. The van der Waals surface area contributed by atoms with Gasteiger partial charge in [0.25, 0.3) is 0 Å². The van der Waals surface area contributed by atoms with E-state index in [1.165, 1.54) is 0 Å². The van der Waals surface area contributed by atoms with Crippen LogP contribution in [0.3, 0.4) is 0 Å². The van der Waals surface area contributed by atoms with E-state index in [0.29, 0.717) is 12.4 Å². The van der Waals surface area contributed by atoms with E-state index in [2.05, 4.69) is 4.98 Å². The van der Waals surface area contributed by atoms with Crippen molar-refractivity contribution in [3.8, 4) is 11.5 Å².